The van der Waals surface area contributed by atoms with Gasteiger partial charge in [-0.25, -0.2) is 9.46 Å². The summed E-state index contributed by atoms with van der Waals surface area (Å²) in [5.41, 5.74) is 3.78. The van der Waals surface area contributed by atoms with E-state index in [0.29, 0.717) is 18.8 Å². The van der Waals surface area contributed by atoms with Crippen LogP contribution < -0.4 is 5.32 Å². The van der Waals surface area contributed by atoms with E-state index >= 15 is 0 Å². The van der Waals surface area contributed by atoms with Crippen LogP contribution in [0, 0.1) is 0 Å². The number of nitrogens with zero attached hydrogens (tertiary/aromatic N) is 3. The Morgan fingerprint density at radius 1 is 0.976 bits per heavy atom. The Hall–Kier alpha value is -3.23. The van der Waals surface area contributed by atoms with Gasteiger partial charge in [0.25, 0.3) is 0 Å². The number of carbonyl (C=O) groups excluding carboxylic acids is 1. The number of morpholine rings is 1. The molecule has 8 nitrogen and oxygen atoms in total. The minimum atomic E-state index is -3.56. The van der Waals surface area contributed by atoms with Gasteiger partial charge in [0.2, 0.25) is 0 Å². The lowest BCUT2D eigenvalue weighted by Gasteiger charge is -2.52. The molecule has 2 aliphatic rings. The van der Waals surface area contributed by atoms with E-state index in [1.807, 2.05) is 61.5 Å². The van der Waals surface area contributed by atoms with Crippen LogP contribution >= 0.6 is 18.1 Å². The molecule has 1 N–H and O–H groups in total. The number of halogens is 1. The molecule has 5 rings (SSSR count). The molecule has 1 saturated heterocycles. The second-order valence-corrected chi connectivity index (χ2v) is 13.9. The minimum absolute atomic E-state index is 0.0364. The first kappa shape index (κ1) is 30.2. The Balaban J connectivity index is 1.67. The number of allylic oxidation sites excluding steroid dienone is 1. The molecule has 2 amide bonds. The SMILES string of the molecule is C=C1NC(=O)N(C2CN(C(c3ccccc3)(c3ccccc3)c3ccccc3)CC(COP(=O)(Cl)N(C)C)O2)C=C1C. The second kappa shape index (κ2) is 12.6. The first-order valence-corrected chi connectivity index (χ1v) is 16.3. The van der Waals surface area contributed by atoms with E-state index in [2.05, 4.69) is 53.2 Å². The summed E-state index contributed by atoms with van der Waals surface area (Å²) < 4.78 is 26.6. The third-order valence-corrected chi connectivity index (χ3v) is 10.3. The number of amides is 2. The molecule has 0 saturated carbocycles. The molecule has 0 bridgehead atoms. The normalized spacial score (nSPS) is 21.5. The van der Waals surface area contributed by atoms with Gasteiger partial charge in [-0.2, -0.15) is 0 Å². The van der Waals surface area contributed by atoms with Crippen LogP contribution in [-0.4, -0.2) is 66.6 Å². The summed E-state index contributed by atoms with van der Waals surface area (Å²) >= 11 is 6.24. The van der Waals surface area contributed by atoms with Gasteiger partial charge in [0, 0.05) is 25.0 Å². The van der Waals surface area contributed by atoms with Gasteiger partial charge < -0.3 is 14.6 Å². The van der Waals surface area contributed by atoms with Crippen molar-refractivity contribution in [1.29, 1.82) is 0 Å². The number of carbonyl (C=O) groups is 1. The average Bonchev–Trinajstić information content (AvgIpc) is 3.00. The Labute approximate surface area is 252 Å². The summed E-state index contributed by atoms with van der Waals surface area (Å²) in [5, 5.41) is 2.83. The van der Waals surface area contributed by atoms with Crippen LogP contribution in [0.4, 0.5) is 4.79 Å². The Morgan fingerprint density at radius 2 is 1.48 bits per heavy atom. The predicted octanol–water partition coefficient (Wildman–Crippen LogP) is 6.37. The largest absolute Gasteiger partial charge is 0.362 e. The molecule has 42 heavy (non-hydrogen) atoms. The van der Waals surface area contributed by atoms with E-state index in [1.54, 1.807) is 25.2 Å². The maximum absolute atomic E-state index is 13.2. The molecule has 0 spiro atoms. The van der Waals surface area contributed by atoms with E-state index in [4.69, 9.17) is 20.5 Å². The van der Waals surface area contributed by atoms with Crippen molar-refractivity contribution < 1.29 is 18.6 Å². The summed E-state index contributed by atoms with van der Waals surface area (Å²) in [6.45, 7) is 3.01. The molecule has 0 aromatic heterocycles. The number of ether oxygens (including phenoxy) is 1. The zero-order valence-corrected chi connectivity index (χ0v) is 25.7. The minimum Gasteiger partial charge on any atom is -0.350 e. The summed E-state index contributed by atoms with van der Waals surface area (Å²) in [4.78, 5) is 17.1. The number of hydrogen-bond acceptors (Lipinski definition) is 5. The number of nitrogens with one attached hydrogen (secondary N) is 1. The van der Waals surface area contributed by atoms with Crippen molar-refractivity contribution in [3.8, 4) is 0 Å². The Kier molecular flexibility index (Phi) is 9.04. The maximum Gasteiger partial charge on any atom is 0.362 e. The zero-order chi connectivity index (χ0) is 29.9. The zero-order valence-electron chi connectivity index (χ0n) is 24.0. The molecule has 2 heterocycles. The van der Waals surface area contributed by atoms with E-state index in [-0.39, 0.29) is 12.6 Å². The molecule has 3 atom stereocenters. The van der Waals surface area contributed by atoms with Crippen molar-refractivity contribution in [1.82, 2.24) is 19.8 Å². The van der Waals surface area contributed by atoms with Crippen LogP contribution in [0.1, 0.15) is 23.6 Å². The Bertz CT molecular complexity index is 1390. The third-order valence-electron chi connectivity index (χ3n) is 7.71. The molecule has 3 aromatic rings. The molecular weight excluding hydrogens is 571 g/mol. The molecule has 0 aliphatic carbocycles. The molecule has 0 radical (unpaired) electrons. The number of hydrogen-bond donors (Lipinski definition) is 1. The fraction of sp³-hybridized carbons (Fsp3) is 0.281. The number of benzene rings is 3. The van der Waals surface area contributed by atoms with Crippen LogP contribution in [0.25, 0.3) is 0 Å². The molecular formula is C32H36ClN4O4P. The van der Waals surface area contributed by atoms with Gasteiger partial charge in [-0.15, -0.1) is 0 Å². The molecule has 3 unspecified atom stereocenters. The summed E-state index contributed by atoms with van der Waals surface area (Å²) in [5.74, 6) is 0. The quantitative estimate of drug-likeness (QED) is 0.225. The molecule has 10 heteroatoms. The molecule has 220 valence electrons. The van der Waals surface area contributed by atoms with Gasteiger partial charge in [0.05, 0.1) is 18.2 Å². The van der Waals surface area contributed by atoms with Crippen molar-refractivity contribution >= 4 is 24.1 Å². The first-order valence-electron chi connectivity index (χ1n) is 13.8. The van der Waals surface area contributed by atoms with Crippen LogP contribution in [0.5, 0.6) is 0 Å². The summed E-state index contributed by atoms with van der Waals surface area (Å²) in [7, 11) is 3.21. The second-order valence-electron chi connectivity index (χ2n) is 10.6. The van der Waals surface area contributed by atoms with Crippen LogP contribution in [0.3, 0.4) is 0 Å². The van der Waals surface area contributed by atoms with Gasteiger partial charge in [0.1, 0.15) is 0 Å². The Morgan fingerprint density at radius 3 is 1.95 bits per heavy atom. The van der Waals surface area contributed by atoms with E-state index in [9.17, 15) is 9.36 Å². The summed E-state index contributed by atoms with van der Waals surface area (Å²) in [6, 6.07) is 30.6. The van der Waals surface area contributed by atoms with Gasteiger partial charge in [0.15, 0.2) is 6.23 Å². The predicted molar refractivity (Wildman–Crippen MR) is 166 cm³/mol. The fourth-order valence-corrected chi connectivity index (χ4v) is 6.31. The highest BCUT2D eigenvalue weighted by atomic mass is 35.7. The van der Waals surface area contributed by atoms with Crippen molar-refractivity contribution in [2.75, 3.05) is 33.8 Å². The third kappa shape index (κ3) is 5.97. The molecule has 2 aliphatic heterocycles. The lowest BCUT2D eigenvalue weighted by atomic mass is 9.75. The average molecular weight is 607 g/mol. The number of urea groups is 1. The van der Waals surface area contributed by atoms with Crippen molar-refractivity contribution in [2.45, 2.75) is 24.8 Å². The topological polar surface area (TPSA) is 74.4 Å². The number of rotatable bonds is 9. The highest BCUT2D eigenvalue weighted by molar-refractivity contribution is 7.83. The van der Waals surface area contributed by atoms with Gasteiger partial charge >= 0.3 is 12.9 Å². The lowest BCUT2D eigenvalue weighted by molar-refractivity contribution is -0.152. The first-order chi connectivity index (χ1) is 20.1. The van der Waals surface area contributed by atoms with Crippen LogP contribution in [0.2, 0.25) is 0 Å². The van der Waals surface area contributed by atoms with Crippen molar-refractivity contribution in [2.24, 2.45) is 0 Å². The fourth-order valence-electron chi connectivity index (χ4n) is 5.56. The molecule has 1 fully saturated rings. The monoisotopic (exact) mass is 606 g/mol. The van der Waals surface area contributed by atoms with Crippen LogP contribution in [0.15, 0.2) is 115 Å². The van der Waals surface area contributed by atoms with Crippen molar-refractivity contribution in [3.05, 3.63) is 132 Å². The van der Waals surface area contributed by atoms with E-state index in [0.717, 1.165) is 22.3 Å². The van der Waals surface area contributed by atoms with E-state index in [1.165, 1.54) is 4.67 Å². The van der Waals surface area contributed by atoms with Crippen molar-refractivity contribution in [3.63, 3.8) is 0 Å². The van der Waals surface area contributed by atoms with Gasteiger partial charge in [-0.1, -0.05) is 97.6 Å². The maximum atomic E-state index is 13.2. The smallest absolute Gasteiger partial charge is 0.350 e. The van der Waals surface area contributed by atoms with Gasteiger partial charge in [-0.3, -0.25) is 14.4 Å². The molecule has 3 aromatic carbocycles. The lowest BCUT2D eigenvalue weighted by Crippen LogP contribution is -2.63. The highest BCUT2D eigenvalue weighted by Crippen LogP contribution is 2.54. The highest BCUT2D eigenvalue weighted by Gasteiger charge is 2.48. The van der Waals surface area contributed by atoms with Crippen LogP contribution in [-0.2, 0) is 19.4 Å². The van der Waals surface area contributed by atoms with Gasteiger partial charge in [-0.05, 0) is 54.5 Å². The van der Waals surface area contributed by atoms with E-state index < -0.39 is 24.7 Å². The summed E-state index contributed by atoms with van der Waals surface area (Å²) in [6.07, 6.45) is 0.493. The standard InChI is InChI=1S/C32H36ClN4O4P/c1-24-20-37(31(38)34-25(24)2)30-22-36(21-29(41-30)23-40-42(33,39)35(3)4)32(26-14-8-5-9-15-26,27-16-10-6-11-17-27)28-18-12-7-13-19-28/h5-20,29-30H,2,21-23H2,1,3-4H3,(H,34,38).